The molecule has 0 aliphatic heterocycles. The average molecular weight is 523 g/mol. The minimum absolute atomic E-state index is 0.165. The van der Waals surface area contributed by atoms with Gasteiger partial charge in [-0.2, -0.15) is 5.10 Å². The van der Waals surface area contributed by atoms with Crippen LogP contribution in [-0.2, 0) is 6.42 Å². The summed E-state index contributed by atoms with van der Waals surface area (Å²) in [5, 5.41) is 4.77. The van der Waals surface area contributed by atoms with E-state index in [1.165, 1.54) is 0 Å². The number of carbonyl (C=O) groups is 1. The Labute approximate surface area is 227 Å². The predicted octanol–water partition coefficient (Wildman–Crippen LogP) is 5.40. The van der Waals surface area contributed by atoms with Gasteiger partial charge < -0.3 is 19.1 Å². The number of rotatable bonds is 9. The minimum atomic E-state index is -0.165. The molecule has 0 spiro atoms. The van der Waals surface area contributed by atoms with Gasteiger partial charge >= 0.3 is 0 Å². The van der Waals surface area contributed by atoms with E-state index in [0.29, 0.717) is 47.2 Å². The molecule has 198 valence electrons. The van der Waals surface area contributed by atoms with E-state index >= 15 is 0 Å². The molecule has 0 radical (unpaired) electrons. The molecular weight excluding hydrogens is 492 g/mol. The smallest absolute Gasteiger partial charge is 0.272 e. The zero-order valence-electron chi connectivity index (χ0n) is 22.4. The van der Waals surface area contributed by atoms with E-state index in [0.717, 1.165) is 22.4 Å². The summed E-state index contributed by atoms with van der Waals surface area (Å²) in [7, 11) is 6.63. The van der Waals surface area contributed by atoms with Crippen molar-refractivity contribution in [3.8, 4) is 39.8 Å². The Balaban J connectivity index is 1.52. The van der Waals surface area contributed by atoms with Gasteiger partial charge in [0.25, 0.3) is 5.91 Å². The third kappa shape index (κ3) is 5.27. The topological polar surface area (TPSA) is 78.2 Å². The molecule has 5 aromatic rings. The first-order valence-corrected chi connectivity index (χ1v) is 12.6. The van der Waals surface area contributed by atoms with E-state index in [1.54, 1.807) is 43.9 Å². The van der Waals surface area contributed by atoms with Crippen molar-refractivity contribution >= 4 is 11.6 Å². The van der Waals surface area contributed by atoms with Crippen LogP contribution < -0.4 is 14.2 Å². The molecule has 0 saturated carbocycles. The number of hydrogen-bond acceptors (Lipinski definition) is 6. The molecule has 1 amide bonds. The quantitative estimate of drug-likeness (QED) is 0.258. The zero-order chi connectivity index (χ0) is 27.4. The number of para-hydroxylation sites is 1. The second-order valence-corrected chi connectivity index (χ2v) is 9.06. The molecule has 3 aromatic carbocycles. The first-order chi connectivity index (χ1) is 19.0. The molecule has 8 nitrogen and oxygen atoms in total. The zero-order valence-corrected chi connectivity index (χ0v) is 22.4. The fraction of sp³-hybridized carbons (Fsp3) is 0.194. The summed E-state index contributed by atoms with van der Waals surface area (Å²) in [6, 6.07) is 26.9. The number of aromatic nitrogens is 3. The largest absolute Gasteiger partial charge is 0.496 e. The van der Waals surface area contributed by atoms with Crippen LogP contribution in [0.2, 0.25) is 0 Å². The third-order valence-corrected chi connectivity index (χ3v) is 6.63. The second kappa shape index (κ2) is 11.3. The van der Waals surface area contributed by atoms with Crippen LogP contribution in [0.5, 0.6) is 17.2 Å². The van der Waals surface area contributed by atoms with E-state index in [-0.39, 0.29) is 5.91 Å². The molecule has 0 unspecified atom stereocenters. The van der Waals surface area contributed by atoms with Crippen LogP contribution in [0.15, 0.2) is 84.9 Å². The molecule has 0 bridgehead atoms. The lowest BCUT2D eigenvalue weighted by atomic mass is 10.1. The average Bonchev–Trinajstić information content (AvgIpc) is 3.43. The standard InChI is InChI=1S/C31H30N4O4/c1-34(17-16-21-14-15-28(38-3)29(18-21)39-4)31(36)26-19-25(23-12-8-9-13-27(23)37-2)32-30-20-24(33-35(26)30)22-10-6-5-7-11-22/h5-15,18-20H,16-17H2,1-4H3. The van der Waals surface area contributed by atoms with Crippen molar-refractivity contribution in [1.29, 1.82) is 0 Å². The Bertz CT molecular complexity index is 1610. The van der Waals surface area contributed by atoms with Crippen molar-refractivity contribution in [2.45, 2.75) is 6.42 Å². The molecule has 2 heterocycles. The molecule has 0 atom stereocenters. The monoisotopic (exact) mass is 522 g/mol. The highest BCUT2D eigenvalue weighted by Gasteiger charge is 2.21. The number of hydrogen-bond donors (Lipinski definition) is 0. The number of nitrogens with zero attached hydrogens (tertiary/aromatic N) is 4. The van der Waals surface area contributed by atoms with Gasteiger partial charge in [0.05, 0.1) is 32.7 Å². The Morgan fingerprint density at radius 3 is 2.26 bits per heavy atom. The number of carbonyl (C=O) groups excluding carboxylic acids is 1. The van der Waals surface area contributed by atoms with E-state index in [9.17, 15) is 4.79 Å². The van der Waals surface area contributed by atoms with E-state index in [2.05, 4.69) is 0 Å². The lowest BCUT2D eigenvalue weighted by molar-refractivity contribution is 0.0788. The summed E-state index contributed by atoms with van der Waals surface area (Å²) in [5.74, 6) is 1.84. The van der Waals surface area contributed by atoms with Crippen molar-refractivity contribution in [3.63, 3.8) is 0 Å². The van der Waals surface area contributed by atoms with Gasteiger partial charge in [0.2, 0.25) is 0 Å². The van der Waals surface area contributed by atoms with Crippen LogP contribution in [-0.4, -0.2) is 60.3 Å². The highest BCUT2D eigenvalue weighted by atomic mass is 16.5. The van der Waals surface area contributed by atoms with Crippen molar-refractivity contribution in [2.75, 3.05) is 34.9 Å². The maximum Gasteiger partial charge on any atom is 0.272 e. The maximum absolute atomic E-state index is 13.8. The normalized spacial score (nSPS) is 10.9. The van der Waals surface area contributed by atoms with Gasteiger partial charge in [0.1, 0.15) is 11.4 Å². The van der Waals surface area contributed by atoms with Crippen LogP contribution >= 0.6 is 0 Å². The van der Waals surface area contributed by atoms with Crippen molar-refractivity contribution in [1.82, 2.24) is 19.5 Å². The van der Waals surface area contributed by atoms with Crippen LogP contribution in [0.3, 0.4) is 0 Å². The summed E-state index contributed by atoms with van der Waals surface area (Å²) in [5.41, 5.74) is 5.14. The lowest BCUT2D eigenvalue weighted by Gasteiger charge is -2.19. The highest BCUT2D eigenvalue weighted by molar-refractivity contribution is 5.94. The van der Waals surface area contributed by atoms with Gasteiger partial charge in [-0.1, -0.05) is 48.5 Å². The molecule has 2 aromatic heterocycles. The molecule has 8 heteroatoms. The molecule has 39 heavy (non-hydrogen) atoms. The number of ether oxygens (including phenoxy) is 3. The molecule has 0 aliphatic carbocycles. The fourth-order valence-electron chi connectivity index (χ4n) is 4.50. The summed E-state index contributed by atoms with van der Waals surface area (Å²) in [6.45, 7) is 0.495. The first-order valence-electron chi connectivity index (χ1n) is 12.6. The number of methoxy groups -OCH3 is 3. The Morgan fingerprint density at radius 1 is 0.795 bits per heavy atom. The highest BCUT2D eigenvalue weighted by Crippen LogP contribution is 2.31. The first kappa shape index (κ1) is 25.8. The molecule has 0 saturated heterocycles. The van der Waals surface area contributed by atoms with Crippen molar-refractivity contribution < 1.29 is 19.0 Å². The second-order valence-electron chi connectivity index (χ2n) is 9.06. The Hall–Kier alpha value is -4.85. The summed E-state index contributed by atoms with van der Waals surface area (Å²) in [4.78, 5) is 20.4. The third-order valence-electron chi connectivity index (χ3n) is 6.63. The molecule has 0 aliphatic rings. The van der Waals surface area contributed by atoms with Gasteiger partial charge in [-0.05, 0) is 42.3 Å². The van der Waals surface area contributed by atoms with Gasteiger partial charge in [-0.15, -0.1) is 0 Å². The van der Waals surface area contributed by atoms with Crippen LogP contribution in [0.1, 0.15) is 16.1 Å². The summed E-state index contributed by atoms with van der Waals surface area (Å²) in [6.07, 6.45) is 0.643. The van der Waals surface area contributed by atoms with Crippen LogP contribution in [0.25, 0.3) is 28.2 Å². The van der Waals surface area contributed by atoms with E-state index in [4.69, 9.17) is 24.3 Å². The molecule has 0 N–H and O–H groups in total. The summed E-state index contributed by atoms with van der Waals surface area (Å²) < 4.78 is 18.0. The summed E-state index contributed by atoms with van der Waals surface area (Å²) >= 11 is 0. The minimum Gasteiger partial charge on any atom is -0.496 e. The predicted molar refractivity (Wildman–Crippen MR) is 151 cm³/mol. The SMILES string of the molecule is COc1ccc(CCN(C)C(=O)c2cc(-c3ccccc3OC)nc3cc(-c4ccccc4)nn23)cc1OC. The maximum atomic E-state index is 13.8. The lowest BCUT2D eigenvalue weighted by Crippen LogP contribution is -2.30. The number of benzene rings is 3. The fourth-order valence-corrected chi connectivity index (χ4v) is 4.50. The molecule has 5 rings (SSSR count). The van der Waals surface area contributed by atoms with Crippen LogP contribution in [0, 0.1) is 0 Å². The Kier molecular flexibility index (Phi) is 7.45. The van der Waals surface area contributed by atoms with Gasteiger partial charge in [0.15, 0.2) is 17.1 Å². The number of amides is 1. The van der Waals surface area contributed by atoms with Gasteiger partial charge in [0, 0.05) is 30.8 Å². The van der Waals surface area contributed by atoms with Crippen molar-refractivity contribution in [3.05, 3.63) is 96.2 Å². The van der Waals surface area contributed by atoms with Gasteiger partial charge in [-0.25, -0.2) is 9.50 Å². The van der Waals surface area contributed by atoms with E-state index in [1.807, 2.05) is 78.9 Å². The molecular formula is C31H30N4O4. The molecule has 0 fully saturated rings. The van der Waals surface area contributed by atoms with Crippen LogP contribution in [0.4, 0.5) is 0 Å². The number of likely N-dealkylation sites (N-methyl/N-ethyl adjacent to an activating group) is 1. The Morgan fingerprint density at radius 2 is 1.51 bits per heavy atom. The van der Waals surface area contributed by atoms with Crippen molar-refractivity contribution in [2.24, 2.45) is 0 Å². The van der Waals surface area contributed by atoms with Gasteiger partial charge in [-0.3, -0.25) is 4.79 Å². The van der Waals surface area contributed by atoms with E-state index < -0.39 is 0 Å². The number of fused-ring (bicyclic) bond motifs is 1.